The van der Waals surface area contributed by atoms with Crippen molar-refractivity contribution in [3.8, 4) is 11.5 Å². The topological polar surface area (TPSA) is 82.7 Å². The van der Waals surface area contributed by atoms with Crippen LogP contribution in [0.3, 0.4) is 0 Å². The zero-order valence-corrected chi connectivity index (χ0v) is 16.0. The van der Waals surface area contributed by atoms with Crippen molar-refractivity contribution in [2.75, 3.05) is 37.0 Å². The fourth-order valence-corrected chi connectivity index (χ4v) is 3.65. The molecule has 2 aromatic rings. The van der Waals surface area contributed by atoms with Gasteiger partial charge in [0.2, 0.25) is 5.89 Å². The van der Waals surface area contributed by atoms with Crippen molar-refractivity contribution in [3.63, 3.8) is 0 Å². The Labute approximate surface area is 157 Å². The van der Waals surface area contributed by atoms with Gasteiger partial charge < -0.3 is 19.3 Å². The van der Waals surface area contributed by atoms with Gasteiger partial charge in [-0.2, -0.15) is 0 Å². The zero-order chi connectivity index (χ0) is 18.8. The molecule has 0 spiro atoms. The number of hydrogen-bond acceptors (Lipinski definition) is 6. The summed E-state index contributed by atoms with van der Waals surface area (Å²) in [6.45, 7) is 3.25. The molecule has 1 N–H and O–H groups in total. The molecule has 3 heterocycles. The Balaban J connectivity index is 1.94. The Morgan fingerprint density at radius 3 is 2.58 bits per heavy atom. The molecular weight excluding hydrogens is 356 g/mol. The molecule has 1 aliphatic rings. The van der Waals surface area contributed by atoms with E-state index in [4.69, 9.17) is 21.1 Å². The van der Waals surface area contributed by atoms with Crippen LogP contribution < -0.4 is 9.80 Å². The lowest BCUT2D eigenvalue weighted by Gasteiger charge is -2.32. The lowest BCUT2D eigenvalue weighted by atomic mass is 9.97. The molecule has 0 aliphatic carbocycles. The summed E-state index contributed by atoms with van der Waals surface area (Å²) in [5, 5.41) is 9.69. The fourth-order valence-electron chi connectivity index (χ4n) is 3.22. The van der Waals surface area contributed by atoms with E-state index in [2.05, 4.69) is 9.97 Å². The highest BCUT2D eigenvalue weighted by Gasteiger charge is 2.28. The number of carboxylic acids is 1. The first kappa shape index (κ1) is 18.5. The normalized spacial score (nSPS) is 15.3. The van der Waals surface area contributed by atoms with E-state index in [0.29, 0.717) is 42.7 Å². The predicted molar refractivity (Wildman–Crippen MR) is 101 cm³/mol. The molecule has 0 radical (unpaired) electrons. The van der Waals surface area contributed by atoms with Gasteiger partial charge in [0.05, 0.1) is 23.4 Å². The number of pyridine rings is 1. The summed E-state index contributed by atoms with van der Waals surface area (Å²) in [6.07, 6.45) is 5.39. The molecule has 140 valence electrons. The second kappa shape index (κ2) is 7.53. The van der Waals surface area contributed by atoms with Gasteiger partial charge in [-0.3, -0.25) is 4.79 Å². The Hall–Kier alpha value is -2.28. The van der Waals surface area contributed by atoms with E-state index in [1.165, 1.54) is 0 Å². The Morgan fingerprint density at radius 1 is 1.35 bits per heavy atom. The third kappa shape index (κ3) is 3.49. The molecule has 1 fully saturated rings. The van der Waals surface area contributed by atoms with Crippen LogP contribution >= 0.6 is 11.6 Å². The highest BCUT2D eigenvalue weighted by atomic mass is 35.5. The number of piperidine rings is 1. The number of hydrogen-bond donors (Lipinski definition) is 1. The number of nitrogens with zero attached hydrogens (tertiary/aromatic N) is 4. The first-order chi connectivity index (χ1) is 12.4. The van der Waals surface area contributed by atoms with E-state index in [0.717, 1.165) is 23.4 Å². The molecule has 1 saturated heterocycles. The van der Waals surface area contributed by atoms with Gasteiger partial charge in [-0.05, 0) is 12.8 Å². The van der Waals surface area contributed by atoms with Crippen LogP contribution in [0.4, 0.5) is 11.5 Å². The Kier molecular flexibility index (Phi) is 5.36. The molecule has 0 unspecified atom stereocenters. The van der Waals surface area contributed by atoms with Gasteiger partial charge in [-0.1, -0.05) is 18.5 Å². The van der Waals surface area contributed by atoms with Crippen LogP contribution in [0, 0.1) is 5.92 Å². The molecular formula is C18H23ClN4O3. The van der Waals surface area contributed by atoms with Gasteiger partial charge in [0, 0.05) is 39.8 Å². The van der Waals surface area contributed by atoms with Crippen LogP contribution in [0.15, 0.2) is 16.8 Å². The second-order valence-electron chi connectivity index (χ2n) is 6.64. The molecule has 0 bridgehead atoms. The largest absolute Gasteiger partial charge is 0.481 e. The van der Waals surface area contributed by atoms with Crippen LogP contribution in [0.25, 0.3) is 11.5 Å². The number of oxazole rings is 1. The minimum atomic E-state index is -0.733. The van der Waals surface area contributed by atoms with Gasteiger partial charge in [0.15, 0.2) is 0 Å². The van der Waals surface area contributed by atoms with Crippen LogP contribution in [0.5, 0.6) is 0 Å². The highest BCUT2D eigenvalue weighted by Crippen LogP contribution is 2.41. The Morgan fingerprint density at radius 2 is 2.04 bits per heavy atom. The van der Waals surface area contributed by atoms with Crippen LogP contribution in [0.2, 0.25) is 5.02 Å². The quantitative estimate of drug-likeness (QED) is 0.854. The minimum Gasteiger partial charge on any atom is -0.481 e. The summed E-state index contributed by atoms with van der Waals surface area (Å²) in [6, 6.07) is 0. The van der Waals surface area contributed by atoms with E-state index in [1.807, 2.05) is 30.8 Å². The van der Waals surface area contributed by atoms with Gasteiger partial charge >= 0.3 is 5.97 Å². The number of carboxylic acid groups (broad SMARTS) is 1. The number of rotatable bonds is 5. The van der Waals surface area contributed by atoms with E-state index in [-0.39, 0.29) is 5.92 Å². The van der Waals surface area contributed by atoms with Gasteiger partial charge in [-0.25, -0.2) is 9.97 Å². The smallest absolute Gasteiger partial charge is 0.306 e. The maximum atomic E-state index is 11.2. The van der Waals surface area contributed by atoms with Gasteiger partial charge in [-0.15, -0.1) is 0 Å². The monoisotopic (exact) mass is 378 g/mol. The second-order valence-corrected chi connectivity index (χ2v) is 7.02. The Bertz CT molecular complexity index is 798. The first-order valence-corrected chi connectivity index (χ1v) is 9.08. The van der Waals surface area contributed by atoms with Crippen LogP contribution in [-0.4, -0.2) is 48.2 Å². The third-order valence-corrected chi connectivity index (χ3v) is 5.05. The van der Waals surface area contributed by atoms with Gasteiger partial charge in [0.25, 0.3) is 0 Å². The molecule has 3 rings (SSSR count). The van der Waals surface area contributed by atoms with E-state index in [1.54, 1.807) is 12.4 Å². The van der Waals surface area contributed by atoms with Crippen molar-refractivity contribution < 1.29 is 14.3 Å². The van der Waals surface area contributed by atoms with Crippen molar-refractivity contribution in [3.05, 3.63) is 23.2 Å². The number of aryl methyl sites for hydroxylation is 1. The summed E-state index contributed by atoms with van der Waals surface area (Å²) in [5.41, 5.74) is 1.53. The summed E-state index contributed by atoms with van der Waals surface area (Å²) in [7, 11) is 3.82. The third-order valence-electron chi connectivity index (χ3n) is 4.70. The fraction of sp³-hybridized carbons (Fsp3) is 0.500. The summed E-state index contributed by atoms with van der Waals surface area (Å²) in [4.78, 5) is 24.0. The molecule has 26 heavy (non-hydrogen) atoms. The van der Waals surface area contributed by atoms with Crippen LogP contribution in [-0.2, 0) is 11.2 Å². The van der Waals surface area contributed by atoms with Crippen molar-refractivity contribution >= 4 is 29.1 Å². The van der Waals surface area contributed by atoms with Crippen molar-refractivity contribution in [2.45, 2.75) is 26.2 Å². The summed E-state index contributed by atoms with van der Waals surface area (Å²) >= 11 is 6.70. The molecule has 0 saturated carbocycles. The predicted octanol–water partition coefficient (Wildman–Crippen LogP) is 3.32. The lowest BCUT2D eigenvalue weighted by molar-refractivity contribution is -0.142. The minimum absolute atomic E-state index is 0.294. The van der Waals surface area contributed by atoms with Crippen LogP contribution in [0.1, 0.15) is 25.5 Å². The van der Waals surface area contributed by atoms with E-state index in [9.17, 15) is 4.79 Å². The number of halogens is 1. The average Bonchev–Trinajstić information content (AvgIpc) is 3.10. The molecule has 7 nitrogen and oxygen atoms in total. The highest BCUT2D eigenvalue weighted by molar-refractivity contribution is 6.36. The maximum Gasteiger partial charge on any atom is 0.306 e. The summed E-state index contributed by atoms with van der Waals surface area (Å²) < 4.78 is 5.78. The van der Waals surface area contributed by atoms with E-state index >= 15 is 0 Å². The summed E-state index contributed by atoms with van der Waals surface area (Å²) in [5.74, 6) is 0.947. The molecule has 8 heteroatoms. The molecule has 0 amide bonds. The van der Waals surface area contributed by atoms with Crippen molar-refractivity contribution in [2.24, 2.45) is 5.92 Å². The number of aliphatic carboxylic acids is 1. The molecule has 0 aromatic carbocycles. The van der Waals surface area contributed by atoms with E-state index < -0.39 is 5.97 Å². The molecule has 1 aliphatic heterocycles. The zero-order valence-electron chi connectivity index (χ0n) is 15.2. The standard InChI is InChI=1S/C18H23ClN4O3/c1-4-12-9-21-17(26-12)13-10-20-16(14(19)15(13)22(2)3)23-7-5-11(6-8-23)18(24)25/h9-11H,4-8H2,1-3H3,(H,24,25). The van der Waals surface area contributed by atoms with Crippen molar-refractivity contribution in [1.29, 1.82) is 0 Å². The van der Waals surface area contributed by atoms with Gasteiger partial charge in [0.1, 0.15) is 16.6 Å². The number of aromatic nitrogens is 2. The number of anilines is 2. The maximum absolute atomic E-state index is 11.2. The molecule has 0 atom stereocenters. The lowest BCUT2D eigenvalue weighted by Crippen LogP contribution is -2.37. The average molecular weight is 379 g/mol. The first-order valence-electron chi connectivity index (χ1n) is 8.71. The van der Waals surface area contributed by atoms with Crippen molar-refractivity contribution in [1.82, 2.24) is 9.97 Å². The SMILES string of the molecule is CCc1cnc(-c2cnc(N3CCC(C(=O)O)CC3)c(Cl)c2N(C)C)o1. The molecule has 2 aromatic heterocycles. The number of carbonyl (C=O) groups is 1.